The Morgan fingerprint density at radius 2 is 1.93 bits per heavy atom. The highest BCUT2D eigenvalue weighted by Crippen LogP contribution is 2.20. The van der Waals surface area contributed by atoms with Gasteiger partial charge < -0.3 is 10.2 Å². The molecule has 1 aromatic rings. The molecule has 3 nitrogen and oxygen atoms in total. The van der Waals surface area contributed by atoms with Crippen molar-refractivity contribution in [1.29, 1.82) is 0 Å². The van der Waals surface area contributed by atoms with Crippen LogP contribution in [-0.4, -0.2) is 16.2 Å². The number of phenols is 1. The predicted molar refractivity (Wildman–Crippen MR) is 54.0 cm³/mol. The van der Waals surface area contributed by atoms with E-state index in [2.05, 4.69) is 0 Å². The number of allylic oxidation sites excluding steroid dienone is 1. The number of carbonyl (C=O) groups is 1. The van der Waals surface area contributed by atoms with Crippen molar-refractivity contribution in [3.63, 3.8) is 0 Å². The fraction of sp³-hybridized carbons (Fsp3) is 0.182. The van der Waals surface area contributed by atoms with Crippen molar-refractivity contribution < 1.29 is 15.0 Å². The Labute approximate surface area is 82.3 Å². The first-order valence-corrected chi connectivity index (χ1v) is 4.30. The topological polar surface area (TPSA) is 57.5 Å². The molecule has 0 heterocycles. The van der Waals surface area contributed by atoms with Crippen molar-refractivity contribution >= 4 is 11.5 Å². The number of hydrogen-bond donors (Lipinski definition) is 2. The number of benzene rings is 1. The molecule has 0 amide bonds. The molecule has 0 aliphatic heterocycles. The summed E-state index contributed by atoms with van der Waals surface area (Å²) in [4.78, 5) is 10.5. The average molecular weight is 192 g/mol. The minimum Gasteiger partial charge on any atom is -0.508 e. The van der Waals surface area contributed by atoms with Crippen molar-refractivity contribution in [2.24, 2.45) is 0 Å². The van der Waals surface area contributed by atoms with Gasteiger partial charge in [-0.15, -0.1) is 0 Å². The van der Waals surface area contributed by atoms with E-state index in [1.807, 2.05) is 0 Å². The molecule has 3 heteroatoms. The summed E-state index contributed by atoms with van der Waals surface area (Å²) < 4.78 is 0. The molecule has 0 saturated heterocycles. The second-order valence-electron chi connectivity index (χ2n) is 2.93. The second-order valence-corrected chi connectivity index (χ2v) is 2.93. The molecule has 0 aromatic heterocycles. The Hall–Kier alpha value is -1.77. The van der Waals surface area contributed by atoms with E-state index < -0.39 is 5.97 Å². The molecule has 0 saturated carbocycles. The van der Waals surface area contributed by atoms with E-state index >= 15 is 0 Å². The summed E-state index contributed by atoms with van der Waals surface area (Å²) in [5.74, 6) is -0.675. The zero-order valence-electron chi connectivity index (χ0n) is 7.90. The standard InChI is InChI=1S/C11H12O3/c1-2-8(7-11(13)14)9-3-5-10(12)6-4-9/h2-6,12H,7H2,1H3,(H,13,14). The summed E-state index contributed by atoms with van der Waals surface area (Å²) in [7, 11) is 0. The smallest absolute Gasteiger partial charge is 0.307 e. The summed E-state index contributed by atoms with van der Waals surface area (Å²) in [5, 5.41) is 17.7. The number of phenolic OH excluding ortho intramolecular Hbond substituents is 1. The quantitative estimate of drug-likeness (QED) is 0.772. The molecule has 0 atom stereocenters. The molecule has 0 radical (unpaired) electrons. The lowest BCUT2D eigenvalue weighted by atomic mass is 10.0. The Morgan fingerprint density at radius 1 is 1.36 bits per heavy atom. The largest absolute Gasteiger partial charge is 0.508 e. The molecule has 74 valence electrons. The highest BCUT2D eigenvalue weighted by atomic mass is 16.4. The summed E-state index contributed by atoms with van der Waals surface area (Å²) >= 11 is 0. The Balaban J connectivity index is 2.91. The van der Waals surface area contributed by atoms with Crippen LogP contribution < -0.4 is 0 Å². The van der Waals surface area contributed by atoms with Gasteiger partial charge in [0.05, 0.1) is 6.42 Å². The van der Waals surface area contributed by atoms with E-state index in [0.717, 1.165) is 11.1 Å². The van der Waals surface area contributed by atoms with Crippen molar-refractivity contribution in [3.8, 4) is 5.75 Å². The summed E-state index contributed by atoms with van der Waals surface area (Å²) in [6, 6.07) is 6.49. The van der Waals surface area contributed by atoms with Gasteiger partial charge in [-0.25, -0.2) is 0 Å². The number of carboxylic acids is 1. The van der Waals surface area contributed by atoms with Gasteiger partial charge in [0.2, 0.25) is 0 Å². The first kappa shape index (κ1) is 10.3. The molecular formula is C11H12O3. The van der Waals surface area contributed by atoms with Crippen LogP contribution in [0.3, 0.4) is 0 Å². The first-order chi connectivity index (χ1) is 6.63. The molecule has 1 aromatic carbocycles. The van der Waals surface area contributed by atoms with Crippen molar-refractivity contribution in [2.45, 2.75) is 13.3 Å². The monoisotopic (exact) mass is 192 g/mol. The van der Waals surface area contributed by atoms with Crippen molar-refractivity contribution in [1.82, 2.24) is 0 Å². The minimum absolute atomic E-state index is 0.00127. The lowest BCUT2D eigenvalue weighted by Gasteiger charge is -2.04. The number of aliphatic carboxylic acids is 1. The molecule has 0 bridgehead atoms. The molecule has 1 rings (SSSR count). The SMILES string of the molecule is CC=C(CC(=O)O)c1ccc(O)cc1. The van der Waals surface area contributed by atoms with Crippen LogP contribution in [-0.2, 0) is 4.79 Å². The molecule has 0 aliphatic carbocycles. The number of hydrogen-bond acceptors (Lipinski definition) is 2. The van der Waals surface area contributed by atoms with Gasteiger partial charge >= 0.3 is 5.97 Å². The van der Waals surface area contributed by atoms with Crippen LogP contribution in [0.5, 0.6) is 5.75 Å². The molecular weight excluding hydrogens is 180 g/mol. The van der Waals surface area contributed by atoms with Crippen LogP contribution in [0.15, 0.2) is 30.3 Å². The zero-order chi connectivity index (χ0) is 10.6. The Morgan fingerprint density at radius 3 is 2.36 bits per heavy atom. The van der Waals surface area contributed by atoms with E-state index in [1.54, 1.807) is 37.3 Å². The predicted octanol–water partition coefficient (Wildman–Crippen LogP) is 2.27. The fourth-order valence-electron chi connectivity index (χ4n) is 1.21. The minimum atomic E-state index is -0.855. The van der Waals surface area contributed by atoms with Gasteiger partial charge in [0, 0.05) is 0 Å². The molecule has 0 spiro atoms. The third-order valence-electron chi connectivity index (χ3n) is 1.93. The maximum absolute atomic E-state index is 10.5. The fourth-order valence-corrected chi connectivity index (χ4v) is 1.21. The van der Waals surface area contributed by atoms with Gasteiger partial charge in [-0.05, 0) is 30.2 Å². The Bertz CT molecular complexity index is 349. The van der Waals surface area contributed by atoms with Gasteiger partial charge in [0.25, 0.3) is 0 Å². The lowest BCUT2D eigenvalue weighted by Crippen LogP contribution is -1.96. The van der Waals surface area contributed by atoms with E-state index in [1.165, 1.54) is 0 Å². The van der Waals surface area contributed by atoms with Crippen LogP contribution in [0.1, 0.15) is 18.9 Å². The third kappa shape index (κ3) is 2.62. The normalized spacial score (nSPS) is 11.4. The van der Waals surface area contributed by atoms with Gasteiger partial charge in [-0.1, -0.05) is 18.2 Å². The van der Waals surface area contributed by atoms with Crippen LogP contribution in [0, 0.1) is 0 Å². The van der Waals surface area contributed by atoms with Gasteiger partial charge in [0.15, 0.2) is 0 Å². The van der Waals surface area contributed by atoms with Crippen molar-refractivity contribution in [3.05, 3.63) is 35.9 Å². The lowest BCUT2D eigenvalue weighted by molar-refractivity contribution is -0.135. The molecule has 0 aliphatic rings. The van der Waals surface area contributed by atoms with E-state index in [9.17, 15) is 4.79 Å². The second kappa shape index (κ2) is 4.46. The number of aromatic hydroxyl groups is 1. The summed E-state index contributed by atoms with van der Waals surface area (Å²) in [5.41, 5.74) is 1.57. The summed E-state index contributed by atoms with van der Waals surface area (Å²) in [6.07, 6.45) is 1.77. The van der Waals surface area contributed by atoms with Gasteiger partial charge in [-0.3, -0.25) is 4.79 Å². The van der Waals surface area contributed by atoms with E-state index in [4.69, 9.17) is 10.2 Å². The average Bonchev–Trinajstić information content (AvgIpc) is 2.15. The van der Waals surface area contributed by atoms with E-state index in [0.29, 0.717) is 0 Å². The number of carboxylic acid groups (broad SMARTS) is 1. The maximum Gasteiger partial charge on any atom is 0.307 e. The third-order valence-corrected chi connectivity index (χ3v) is 1.93. The van der Waals surface area contributed by atoms with Crippen LogP contribution in [0.25, 0.3) is 5.57 Å². The molecule has 2 N–H and O–H groups in total. The van der Waals surface area contributed by atoms with E-state index in [-0.39, 0.29) is 12.2 Å². The molecule has 0 fully saturated rings. The van der Waals surface area contributed by atoms with Crippen molar-refractivity contribution in [2.75, 3.05) is 0 Å². The molecule has 14 heavy (non-hydrogen) atoms. The highest BCUT2D eigenvalue weighted by Gasteiger charge is 2.05. The summed E-state index contributed by atoms with van der Waals surface area (Å²) in [6.45, 7) is 1.80. The van der Waals surface area contributed by atoms with Gasteiger partial charge in [-0.2, -0.15) is 0 Å². The molecule has 0 unspecified atom stereocenters. The van der Waals surface area contributed by atoms with Crippen LogP contribution in [0.2, 0.25) is 0 Å². The maximum atomic E-state index is 10.5. The van der Waals surface area contributed by atoms with Gasteiger partial charge in [0.1, 0.15) is 5.75 Å². The van der Waals surface area contributed by atoms with Crippen LogP contribution in [0.4, 0.5) is 0 Å². The number of rotatable bonds is 3. The first-order valence-electron chi connectivity index (χ1n) is 4.30. The highest BCUT2D eigenvalue weighted by molar-refractivity contribution is 5.83. The zero-order valence-corrected chi connectivity index (χ0v) is 7.90. The van der Waals surface area contributed by atoms with Crippen LogP contribution >= 0.6 is 0 Å². The Kier molecular flexibility index (Phi) is 3.29.